The monoisotopic (exact) mass is 441 g/mol. The Bertz CT molecular complexity index is 931. The molecule has 29 heavy (non-hydrogen) atoms. The highest BCUT2D eigenvalue weighted by atomic mass is 35.5. The van der Waals surface area contributed by atoms with E-state index < -0.39 is 53.5 Å². The summed E-state index contributed by atoms with van der Waals surface area (Å²) < 4.78 is 77.4. The second kappa shape index (κ2) is 8.07. The Labute approximate surface area is 165 Å². The molecular formula is C17H14ClF6N3O2. The summed E-state index contributed by atoms with van der Waals surface area (Å²) in [4.78, 5) is 15.8. The molecule has 1 aromatic carbocycles. The number of alkyl halides is 6. The van der Waals surface area contributed by atoms with Crippen molar-refractivity contribution in [2.75, 3.05) is 12.3 Å². The van der Waals surface area contributed by atoms with Gasteiger partial charge in [-0.15, -0.1) is 0 Å². The fourth-order valence-electron chi connectivity index (χ4n) is 2.41. The van der Waals surface area contributed by atoms with E-state index in [1.54, 1.807) is 5.32 Å². The molecule has 4 N–H and O–H groups in total. The van der Waals surface area contributed by atoms with Crippen LogP contribution in [-0.2, 0) is 6.18 Å². The van der Waals surface area contributed by atoms with Gasteiger partial charge in [-0.05, 0) is 30.7 Å². The first-order valence-corrected chi connectivity index (χ1v) is 8.26. The molecule has 0 radical (unpaired) electrons. The summed E-state index contributed by atoms with van der Waals surface area (Å²) in [5.74, 6) is -1.27. The third-order valence-corrected chi connectivity index (χ3v) is 4.08. The van der Waals surface area contributed by atoms with Crippen molar-refractivity contribution in [1.29, 1.82) is 0 Å². The normalized spacial score (nSPS) is 13.3. The van der Waals surface area contributed by atoms with Crippen LogP contribution in [0.25, 0.3) is 11.3 Å². The molecule has 1 aromatic heterocycles. The summed E-state index contributed by atoms with van der Waals surface area (Å²) >= 11 is 5.81. The van der Waals surface area contributed by atoms with E-state index in [4.69, 9.17) is 22.4 Å². The number of aliphatic hydroxyl groups excluding tert-OH is 1. The van der Waals surface area contributed by atoms with Gasteiger partial charge >= 0.3 is 12.4 Å². The number of halogens is 7. The van der Waals surface area contributed by atoms with E-state index in [0.29, 0.717) is 11.6 Å². The molecule has 2 aromatic rings. The second-order valence-electron chi connectivity index (χ2n) is 6.05. The van der Waals surface area contributed by atoms with Crippen LogP contribution in [0, 0.1) is 6.92 Å². The summed E-state index contributed by atoms with van der Waals surface area (Å²) in [7, 11) is 0. The molecule has 158 valence electrons. The maximum absolute atomic E-state index is 13.5. The zero-order chi connectivity index (χ0) is 22.1. The number of aliphatic hydroxyl groups is 1. The van der Waals surface area contributed by atoms with Gasteiger partial charge in [-0.25, -0.2) is 4.98 Å². The van der Waals surface area contributed by atoms with Crippen LogP contribution in [0.1, 0.15) is 21.6 Å². The molecule has 5 nitrogen and oxygen atoms in total. The smallest absolute Gasteiger partial charge is 0.397 e. The third-order valence-electron chi connectivity index (χ3n) is 3.85. The van der Waals surface area contributed by atoms with Crippen LogP contribution in [0.15, 0.2) is 24.3 Å². The number of nitrogens with two attached hydrogens (primary N) is 1. The molecule has 0 saturated heterocycles. The molecule has 0 aliphatic rings. The fourth-order valence-corrected chi connectivity index (χ4v) is 2.64. The first-order chi connectivity index (χ1) is 13.2. The van der Waals surface area contributed by atoms with Crippen LogP contribution < -0.4 is 11.1 Å². The minimum Gasteiger partial charge on any atom is -0.397 e. The van der Waals surface area contributed by atoms with Crippen molar-refractivity contribution >= 4 is 23.2 Å². The Morgan fingerprint density at radius 3 is 2.38 bits per heavy atom. The maximum atomic E-state index is 13.5. The predicted octanol–water partition coefficient (Wildman–Crippen LogP) is 3.96. The number of nitrogens with one attached hydrogen (secondary N) is 1. The topological polar surface area (TPSA) is 88.2 Å². The lowest BCUT2D eigenvalue weighted by molar-refractivity contribution is -0.201. The average Bonchev–Trinajstić information content (AvgIpc) is 2.57. The van der Waals surface area contributed by atoms with E-state index in [2.05, 4.69) is 4.98 Å². The van der Waals surface area contributed by atoms with E-state index in [1.807, 2.05) is 0 Å². The van der Waals surface area contributed by atoms with Gasteiger partial charge in [0, 0.05) is 10.6 Å². The number of aromatic nitrogens is 1. The standard InChI is InChI=1S/C17H14ClF6N3O2/c1-7-4-8(18)2-3-9(7)13-10(16(19,20)21)5-11(25)14(27-13)15(29)26-6-12(28)17(22,23)24/h2-5,12,28H,6,25H2,1H3,(H,26,29)/t12-/m1/s1. The summed E-state index contributed by atoms with van der Waals surface area (Å²) in [6.07, 6.45) is -12.7. The molecule has 0 aliphatic heterocycles. The van der Waals surface area contributed by atoms with E-state index >= 15 is 0 Å². The number of nitrogens with zero attached hydrogens (tertiary/aromatic N) is 1. The zero-order valence-corrected chi connectivity index (χ0v) is 15.4. The first-order valence-electron chi connectivity index (χ1n) is 7.89. The Kier molecular flexibility index (Phi) is 6.33. The van der Waals surface area contributed by atoms with Crippen molar-refractivity contribution in [2.24, 2.45) is 0 Å². The molecule has 0 fully saturated rings. The van der Waals surface area contributed by atoms with Crippen molar-refractivity contribution in [3.05, 3.63) is 46.1 Å². The number of hydrogen-bond acceptors (Lipinski definition) is 4. The van der Waals surface area contributed by atoms with Gasteiger partial charge in [-0.3, -0.25) is 4.79 Å². The van der Waals surface area contributed by atoms with Crippen LogP contribution in [0.5, 0.6) is 0 Å². The summed E-state index contributed by atoms with van der Waals surface area (Å²) in [6, 6.07) is 4.45. The van der Waals surface area contributed by atoms with Crippen LogP contribution in [0.2, 0.25) is 5.02 Å². The van der Waals surface area contributed by atoms with Crippen LogP contribution in [0.3, 0.4) is 0 Å². The number of nitrogen functional groups attached to an aromatic ring is 1. The number of aryl methyl sites for hydroxylation is 1. The van der Waals surface area contributed by atoms with Crippen molar-refractivity contribution in [1.82, 2.24) is 10.3 Å². The lowest BCUT2D eigenvalue weighted by atomic mass is 9.99. The molecule has 12 heteroatoms. The van der Waals surface area contributed by atoms with Gasteiger partial charge in [0.1, 0.15) is 0 Å². The molecule has 1 atom stereocenters. The number of pyridine rings is 1. The van der Waals surface area contributed by atoms with Crippen molar-refractivity contribution in [3.63, 3.8) is 0 Å². The zero-order valence-electron chi connectivity index (χ0n) is 14.6. The minimum absolute atomic E-state index is 0.00565. The average molecular weight is 442 g/mol. The van der Waals surface area contributed by atoms with Crippen LogP contribution >= 0.6 is 11.6 Å². The molecule has 0 unspecified atom stereocenters. The second-order valence-corrected chi connectivity index (χ2v) is 6.48. The molecule has 2 rings (SSSR count). The number of anilines is 1. The summed E-state index contributed by atoms with van der Waals surface area (Å²) in [6.45, 7) is 0.249. The summed E-state index contributed by atoms with van der Waals surface area (Å²) in [5.41, 5.74) is 2.55. The SMILES string of the molecule is Cc1cc(Cl)ccc1-c1nc(C(=O)NC[C@@H](O)C(F)(F)F)c(N)cc1C(F)(F)F. The highest BCUT2D eigenvalue weighted by molar-refractivity contribution is 6.30. The Morgan fingerprint density at radius 1 is 1.24 bits per heavy atom. The Morgan fingerprint density at radius 2 is 1.86 bits per heavy atom. The molecule has 0 bridgehead atoms. The summed E-state index contributed by atoms with van der Waals surface area (Å²) in [5, 5.41) is 11.0. The van der Waals surface area contributed by atoms with E-state index in [1.165, 1.54) is 25.1 Å². The van der Waals surface area contributed by atoms with Gasteiger partial charge in [0.15, 0.2) is 11.8 Å². The van der Waals surface area contributed by atoms with Gasteiger partial charge in [-0.2, -0.15) is 26.3 Å². The Balaban J connectivity index is 2.52. The highest BCUT2D eigenvalue weighted by Crippen LogP contribution is 2.39. The van der Waals surface area contributed by atoms with E-state index in [0.717, 1.165) is 0 Å². The lowest BCUT2D eigenvalue weighted by Crippen LogP contribution is -2.41. The van der Waals surface area contributed by atoms with Crippen molar-refractivity contribution < 1.29 is 36.2 Å². The number of rotatable bonds is 4. The molecule has 1 amide bonds. The molecule has 0 saturated carbocycles. The van der Waals surface area contributed by atoms with Crippen molar-refractivity contribution in [3.8, 4) is 11.3 Å². The number of hydrogen-bond donors (Lipinski definition) is 3. The lowest BCUT2D eigenvalue weighted by Gasteiger charge is -2.18. The highest BCUT2D eigenvalue weighted by Gasteiger charge is 2.39. The first kappa shape index (κ1) is 22.8. The molecule has 0 spiro atoms. The molecular weight excluding hydrogens is 428 g/mol. The number of amides is 1. The Hall–Kier alpha value is -2.53. The van der Waals surface area contributed by atoms with Crippen LogP contribution in [-0.4, -0.2) is 34.8 Å². The number of carbonyl (C=O) groups excluding carboxylic acids is 1. The van der Waals surface area contributed by atoms with Gasteiger partial charge in [0.05, 0.1) is 23.5 Å². The van der Waals surface area contributed by atoms with Gasteiger partial charge in [0.25, 0.3) is 5.91 Å². The number of carbonyl (C=O) groups is 1. The minimum atomic E-state index is -4.99. The number of benzene rings is 1. The van der Waals surface area contributed by atoms with Gasteiger partial charge in [-0.1, -0.05) is 17.7 Å². The third kappa shape index (κ3) is 5.30. The van der Waals surface area contributed by atoms with E-state index in [-0.39, 0.29) is 10.6 Å². The van der Waals surface area contributed by atoms with E-state index in [9.17, 15) is 31.1 Å². The van der Waals surface area contributed by atoms with Gasteiger partial charge in [0.2, 0.25) is 0 Å². The largest absolute Gasteiger partial charge is 0.418 e. The van der Waals surface area contributed by atoms with Crippen LogP contribution in [0.4, 0.5) is 32.0 Å². The van der Waals surface area contributed by atoms with Gasteiger partial charge < -0.3 is 16.2 Å². The molecule has 0 aliphatic carbocycles. The quantitative estimate of drug-likeness (QED) is 0.627. The molecule has 1 heterocycles. The fraction of sp³-hybridized carbons (Fsp3) is 0.294. The maximum Gasteiger partial charge on any atom is 0.418 e. The van der Waals surface area contributed by atoms with Crippen molar-refractivity contribution in [2.45, 2.75) is 25.4 Å². The predicted molar refractivity (Wildman–Crippen MR) is 93.2 cm³/mol.